The van der Waals surface area contributed by atoms with Gasteiger partial charge in [-0.3, -0.25) is 0 Å². The molecule has 0 unspecified atom stereocenters. The number of nitrogens with zero attached hydrogens (tertiary/aromatic N) is 1. The summed E-state index contributed by atoms with van der Waals surface area (Å²) >= 11 is 1.09. The summed E-state index contributed by atoms with van der Waals surface area (Å²) in [7, 11) is 0. The predicted molar refractivity (Wildman–Crippen MR) is 85.8 cm³/mol. The van der Waals surface area contributed by atoms with Crippen LogP contribution in [0.1, 0.15) is 50.0 Å². The molecule has 0 atom stereocenters. The molecular formula is C15H25NO6S. The number of ether oxygens (including phenoxy) is 5. The zero-order chi connectivity index (χ0) is 17.3. The van der Waals surface area contributed by atoms with Gasteiger partial charge in [-0.2, -0.15) is 4.98 Å². The number of rotatable bonds is 11. The third-order valence-electron chi connectivity index (χ3n) is 2.63. The molecule has 0 saturated carbocycles. The molecule has 0 radical (unpaired) electrons. The second-order valence-corrected chi connectivity index (χ2v) is 5.13. The molecule has 132 valence electrons. The van der Waals surface area contributed by atoms with Crippen molar-refractivity contribution >= 4 is 17.3 Å². The normalized spacial score (nSPS) is 11.5. The number of hydrogen-bond acceptors (Lipinski definition) is 8. The van der Waals surface area contributed by atoms with Crippen molar-refractivity contribution in [3.8, 4) is 5.19 Å². The molecule has 0 aliphatic carbocycles. The molecule has 0 saturated heterocycles. The van der Waals surface area contributed by atoms with Gasteiger partial charge in [-0.15, -0.1) is 0 Å². The molecule has 1 rings (SSSR count). The van der Waals surface area contributed by atoms with Crippen LogP contribution in [0.4, 0.5) is 0 Å². The molecule has 0 aromatic carbocycles. The van der Waals surface area contributed by atoms with Crippen molar-refractivity contribution in [1.29, 1.82) is 0 Å². The van der Waals surface area contributed by atoms with Crippen LogP contribution in [0.2, 0.25) is 0 Å². The number of esters is 1. The first-order chi connectivity index (χ1) is 11.1. The van der Waals surface area contributed by atoms with Gasteiger partial charge in [-0.05, 0) is 34.6 Å². The lowest BCUT2D eigenvalue weighted by atomic mass is 10.3. The maximum Gasteiger partial charge on any atom is 0.350 e. The molecule has 7 nitrogen and oxygen atoms in total. The van der Waals surface area contributed by atoms with Gasteiger partial charge in [0.05, 0.1) is 33.0 Å². The highest BCUT2D eigenvalue weighted by atomic mass is 32.1. The summed E-state index contributed by atoms with van der Waals surface area (Å²) in [6.07, 6.45) is 0. The molecule has 1 aromatic rings. The Morgan fingerprint density at radius 3 is 1.96 bits per heavy atom. The first-order valence-corrected chi connectivity index (χ1v) is 8.63. The fourth-order valence-electron chi connectivity index (χ4n) is 1.93. The Morgan fingerprint density at radius 2 is 1.52 bits per heavy atom. The van der Waals surface area contributed by atoms with Crippen LogP contribution in [0.25, 0.3) is 0 Å². The number of carbonyl (C=O) groups is 1. The fraction of sp³-hybridized carbons (Fsp3) is 0.733. The monoisotopic (exact) mass is 347 g/mol. The average Bonchev–Trinajstić information content (AvgIpc) is 2.93. The first kappa shape index (κ1) is 19.8. The third-order valence-corrected chi connectivity index (χ3v) is 3.58. The topological polar surface area (TPSA) is 76.1 Å². The van der Waals surface area contributed by atoms with Crippen LogP contribution < -0.4 is 4.74 Å². The average molecular weight is 347 g/mol. The molecule has 0 aliphatic heterocycles. The summed E-state index contributed by atoms with van der Waals surface area (Å²) in [5.41, 5.74) is 0.231. The molecule has 0 amide bonds. The highest BCUT2D eigenvalue weighted by Gasteiger charge is 2.43. The number of hydrogen-bond donors (Lipinski definition) is 0. The third kappa shape index (κ3) is 4.87. The Labute approximate surface area is 140 Å². The van der Waals surface area contributed by atoms with E-state index < -0.39 is 11.9 Å². The summed E-state index contributed by atoms with van der Waals surface area (Å²) in [6.45, 7) is 10.7. The molecule has 0 spiro atoms. The highest BCUT2D eigenvalue weighted by Crippen LogP contribution is 2.37. The molecule has 1 aromatic heterocycles. The van der Waals surface area contributed by atoms with Crippen LogP contribution in [0, 0.1) is 0 Å². The number of aromatic nitrogens is 1. The van der Waals surface area contributed by atoms with E-state index in [4.69, 9.17) is 23.7 Å². The molecule has 1 heterocycles. The molecule has 0 aliphatic rings. The fourth-order valence-corrected chi connectivity index (χ4v) is 2.83. The van der Waals surface area contributed by atoms with E-state index in [9.17, 15) is 4.79 Å². The molecule has 0 fully saturated rings. The van der Waals surface area contributed by atoms with Crippen LogP contribution >= 0.6 is 11.3 Å². The maximum atomic E-state index is 12.3. The molecule has 8 heteroatoms. The summed E-state index contributed by atoms with van der Waals surface area (Å²) in [5.74, 6) is -2.05. The minimum Gasteiger partial charge on any atom is -0.470 e. The summed E-state index contributed by atoms with van der Waals surface area (Å²) in [4.78, 5) is 16.9. The zero-order valence-electron chi connectivity index (χ0n) is 14.3. The zero-order valence-corrected chi connectivity index (χ0v) is 15.2. The lowest BCUT2D eigenvalue weighted by Gasteiger charge is -2.31. The Morgan fingerprint density at radius 1 is 0.957 bits per heavy atom. The first-order valence-electron chi connectivity index (χ1n) is 7.81. The summed E-state index contributed by atoms with van der Waals surface area (Å²) < 4.78 is 27.6. The second kappa shape index (κ2) is 9.82. The van der Waals surface area contributed by atoms with Crippen molar-refractivity contribution < 1.29 is 28.5 Å². The van der Waals surface area contributed by atoms with Gasteiger partial charge in [0.2, 0.25) is 0 Å². The predicted octanol–water partition coefficient (Wildman–Crippen LogP) is 2.94. The lowest BCUT2D eigenvalue weighted by Crippen LogP contribution is -2.38. The lowest BCUT2D eigenvalue weighted by molar-refractivity contribution is -0.391. The van der Waals surface area contributed by atoms with E-state index in [-0.39, 0.29) is 17.2 Å². The smallest absolute Gasteiger partial charge is 0.350 e. The van der Waals surface area contributed by atoms with E-state index in [0.29, 0.717) is 31.6 Å². The van der Waals surface area contributed by atoms with Crippen molar-refractivity contribution in [2.75, 3.05) is 33.0 Å². The van der Waals surface area contributed by atoms with Gasteiger partial charge in [-0.25, -0.2) is 4.79 Å². The van der Waals surface area contributed by atoms with Crippen molar-refractivity contribution in [2.24, 2.45) is 0 Å². The van der Waals surface area contributed by atoms with Crippen LogP contribution in [-0.2, 0) is 24.9 Å². The van der Waals surface area contributed by atoms with Crippen LogP contribution in [-0.4, -0.2) is 44.0 Å². The quantitative estimate of drug-likeness (QED) is 0.450. The van der Waals surface area contributed by atoms with Gasteiger partial charge >= 0.3 is 11.9 Å². The van der Waals surface area contributed by atoms with Crippen molar-refractivity contribution in [3.05, 3.63) is 10.6 Å². The number of thiazole rings is 1. The van der Waals surface area contributed by atoms with E-state index in [1.807, 2.05) is 27.7 Å². The Kier molecular flexibility index (Phi) is 8.46. The Hall–Kier alpha value is -1.22. The standard InChI is InChI=1S/C15H25NO6S/c1-6-18-13(17)11-12(16-14(23-11)19-7-2)15(20-8-3,21-9-4)22-10-5/h6-10H2,1-5H3. The van der Waals surface area contributed by atoms with Crippen LogP contribution in [0.3, 0.4) is 0 Å². The molecule has 23 heavy (non-hydrogen) atoms. The van der Waals surface area contributed by atoms with E-state index in [0.717, 1.165) is 11.3 Å². The van der Waals surface area contributed by atoms with E-state index in [2.05, 4.69) is 4.98 Å². The Bertz CT molecular complexity index is 473. The molecular weight excluding hydrogens is 322 g/mol. The van der Waals surface area contributed by atoms with Gasteiger partial charge in [-0.1, -0.05) is 11.3 Å². The van der Waals surface area contributed by atoms with Gasteiger partial charge in [0, 0.05) is 0 Å². The van der Waals surface area contributed by atoms with Crippen molar-refractivity contribution in [1.82, 2.24) is 4.98 Å². The SMILES string of the molecule is CCOC(=O)c1sc(OCC)nc1C(OCC)(OCC)OCC. The van der Waals surface area contributed by atoms with Gasteiger partial charge in [0.25, 0.3) is 5.19 Å². The summed E-state index contributed by atoms with van der Waals surface area (Å²) in [6, 6.07) is 0. The molecule has 0 bridgehead atoms. The van der Waals surface area contributed by atoms with Gasteiger partial charge in [0.15, 0.2) is 5.69 Å². The highest BCUT2D eigenvalue weighted by molar-refractivity contribution is 7.15. The summed E-state index contributed by atoms with van der Waals surface area (Å²) in [5, 5.41) is 0.342. The van der Waals surface area contributed by atoms with E-state index >= 15 is 0 Å². The van der Waals surface area contributed by atoms with Crippen molar-refractivity contribution in [3.63, 3.8) is 0 Å². The van der Waals surface area contributed by atoms with Crippen LogP contribution in [0.15, 0.2) is 0 Å². The van der Waals surface area contributed by atoms with Gasteiger partial charge < -0.3 is 23.7 Å². The van der Waals surface area contributed by atoms with Gasteiger partial charge in [0.1, 0.15) is 4.88 Å². The van der Waals surface area contributed by atoms with Crippen molar-refractivity contribution in [2.45, 2.75) is 40.6 Å². The Balaban J connectivity index is 3.38. The minimum absolute atomic E-state index is 0.231. The van der Waals surface area contributed by atoms with Crippen LogP contribution in [0.5, 0.6) is 5.19 Å². The van der Waals surface area contributed by atoms with E-state index in [1.165, 1.54) is 0 Å². The second-order valence-electron chi connectivity index (χ2n) is 4.17. The molecule has 0 N–H and O–H groups in total. The van der Waals surface area contributed by atoms with E-state index in [1.54, 1.807) is 6.92 Å². The minimum atomic E-state index is -1.55. The number of carbonyl (C=O) groups excluding carboxylic acids is 1. The maximum absolute atomic E-state index is 12.3. The largest absolute Gasteiger partial charge is 0.470 e.